The lowest BCUT2D eigenvalue weighted by atomic mass is 10.4. The van der Waals surface area contributed by atoms with E-state index in [1.807, 2.05) is 12.1 Å². The Morgan fingerprint density at radius 2 is 1.22 bits per heavy atom. The van der Waals surface area contributed by atoms with Crippen molar-refractivity contribution in [3.8, 4) is 0 Å². The Labute approximate surface area is 65.4 Å². The largest absolute Gasteiger partial charge is 0.0827 e. The minimum Gasteiger partial charge on any atom is -0.0827 e. The van der Waals surface area contributed by atoms with Crippen molar-refractivity contribution in [1.82, 2.24) is 0 Å². The summed E-state index contributed by atoms with van der Waals surface area (Å²) in [5.41, 5.74) is 0. The van der Waals surface area contributed by atoms with Crippen LogP contribution in [-0.4, -0.2) is 0 Å². The maximum absolute atomic E-state index is 5.58. The third-order valence-electron chi connectivity index (χ3n) is 0.824. The fraction of sp³-hybridized carbons (Fsp3) is 0.143. The summed E-state index contributed by atoms with van der Waals surface area (Å²) in [6.45, 7) is 0. The molecule has 0 bridgehead atoms. The second-order valence-corrected chi connectivity index (χ2v) is 2.23. The first-order valence-corrected chi connectivity index (χ1v) is 2.96. The predicted molar refractivity (Wildman–Crippen MR) is 43.2 cm³/mol. The summed E-state index contributed by atoms with van der Waals surface area (Å²) in [6, 6.07) is 7.19. The van der Waals surface area contributed by atoms with Crippen molar-refractivity contribution in [2.24, 2.45) is 0 Å². The normalized spacial score (nSPS) is 8.22. The molecule has 0 aromatic heterocycles. The highest BCUT2D eigenvalue weighted by Gasteiger charge is 1.89. The molecule has 0 aliphatic rings. The van der Waals surface area contributed by atoms with Crippen LogP contribution < -0.4 is 0 Å². The van der Waals surface area contributed by atoms with Gasteiger partial charge in [-0.05, 0) is 12.1 Å². The molecule has 50 valence electrons. The van der Waals surface area contributed by atoms with Gasteiger partial charge in [-0.25, -0.2) is 0 Å². The van der Waals surface area contributed by atoms with Crippen LogP contribution in [0.25, 0.3) is 0 Å². The first-order chi connectivity index (χ1) is 3.80. The number of halogens is 2. The summed E-state index contributed by atoms with van der Waals surface area (Å²) in [6.07, 6.45) is 0. The van der Waals surface area contributed by atoms with Crippen LogP contribution in [0.15, 0.2) is 24.3 Å². The van der Waals surface area contributed by atoms with Crippen LogP contribution in [0.5, 0.6) is 0 Å². The van der Waals surface area contributed by atoms with E-state index in [-0.39, 0.29) is 7.43 Å². The van der Waals surface area contributed by atoms with Crippen LogP contribution in [0.3, 0.4) is 0 Å². The van der Waals surface area contributed by atoms with E-state index in [0.29, 0.717) is 10.0 Å². The number of benzene rings is 1. The average Bonchev–Trinajstić information content (AvgIpc) is 1.77. The summed E-state index contributed by atoms with van der Waals surface area (Å²) in [5.74, 6) is 0. The molecule has 0 fully saturated rings. The van der Waals surface area contributed by atoms with Gasteiger partial charge >= 0.3 is 0 Å². The Morgan fingerprint density at radius 3 is 1.44 bits per heavy atom. The molecule has 0 atom stereocenters. The summed E-state index contributed by atoms with van der Waals surface area (Å²) in [5, 5.41) is 1.21. The molecule has 0 saturated heterocycles. The molecule has 0 heterocycles. The Hall–Kier alpha value is -0.200. The molecule has 0 radical (unpaired) electrons. The standard InChI is InChI=1S/C6H4Cl2.CH4/c7-5-3-1-2-4-6(5)8;/h1-4H;1H4/i;1+1. The third kappa shape index (κ3) is 2.25. The van der Waals surface area contributed by atoms with Gasteiger partial charge in [0.25, 0.3) is 0 Å². The van der Waals surface area contributed by atoms with Gasteiger partial charge in [0.05, 0.1) is 10.0 Å². The van der Waals surface area contributed by atoms with E-state index >= 15 is 0 Å². The maximum atomic E-state index is 5.58. The summed E-state index contributed by atoms with van der Waals surface area (Å²) >= 11 is 11.2. The zero-order valence-electron chi connectivity index (χ0n) is 4.07. The summed E-state index contributed by atoms with van der Waals surface area (Å²) in [4.78, 5) is 0. The van der Waals surface area contributed by atoms with Crippen molar-refractivity contribution in [2.75, 3.05) is 0 Å². The minimum absolute atomic E-state index is 0. The molecule has 9 heavy (non-hydrogen) atoms. The van der Waals surface area contributed by atoms with Gasteiger partial charge in [0.2, 0.25) is 0 Å². The molecule has 1 rings (SSSR count). The van der Waals surface area contributed by atoms with Crippen molar-refractivity contribution in [3.05, 3.63) is 34.3 Å². The fourth-order valence-corrected chi connectivity index (χ4v) is 0.711. The molecular formula is C7H8Cl2. The van der Waals surface area contributed by atoms with Gasteiger partial charge in [-0.2, -0.15) is 0 Å². The third-order valence-corrected chi connectivity index (χ3v) is 1.58. The van der Waals surface area contributed by atoms with Crippen molar-refractivity contribution in [2.45, 2.75) is 7.43 Å². The molecule has 0 aliphatic heterocycles. The topological polar surface area (TPSA) is 0 Å². The second-order valence-electron chi connectivity index (χ2n) is 1.41. The van der Waals surface area contributed by atoms with Gasteiger partial charge in [-0.15, -0.1) is 0 Å². The predicted octanol–water partition coefficient (Wildman–Crippen LogP) is 3.63. The molecule has 2 heteroatoms. The number of rotatable bonds is 0. The Bertz CT molecular complexity index is 163. The van der Waals surface area contributed by atoms with Crippen LogP contribution in [0.1, 0.15) is 7.43 Å². The Kier molecular flexibility index (Phi) is 3.67. The molecule has 1 aromatic rings. The molecule has 0 nitrogen and oxygen atoms in total. The molecular weight excluding hydrogens is 156 g/mol. The van der Waals surface area contributed by atoms with Crippen molar-refractivity contribution in [1.29, 1.82) is 0 Å². The Morgan fingerprint density at radius 1 is 0.889 bits per heavy atom. The van der Waals surface area contributed by atoms with Crippen LogP contribution in [0, 0.1) is 0 Å². The highest BCUT2D eigenvalue weighted by atomic mass is 35.5. The van der Waals surface area contributed by atoms with E-state index in [1.54, 1.807) is 12.1 Å². The van der Waals surface area contributed by atoms with Crippen LogP contribution in [0.4, 0.5) is 0 Å². The fourth-order valence-electron chi connectivity index (χ4n) is 0.439. The minimum atomic E-state index is 0. The maximum Gasteiger partial charge on any atom is 0.0592 e. The smallest absolute Gasteiger partial charge is 0.0592 e. The zero-order valence-corrected chi connectivity index (χ0v) is 5.58. The second kappa shape index (κ2) is 3.76. The van der Waals surface area contributed by atoms with E-state index in [2.05, 4.69) is 0 Å². The molecule has 0 N–H and O–H groups in total. The average molecular weight is 164 g/mol. The number of hydrogen-bond acceptors (Lipinski definition) is 0. The van der Waals surface area contributed by atoms with Crippen LogP contribution in [-0.2, 0) is 0 Å². The van der Waals surface area contributed by atoms with Crippen molar-refractivity contribution in [3.63, 3.8) is 0 Å². The van der Waals surface area contributed by atoms with E-state index < -0.39 is 0 Å². The SMILES string of the molecule is Clc1ccccc1Cl.[13CH4]. The van der Waals surface area contributed by atoms with Gasteiger partial charge in [0.15, 0.2) is 0 Å². The lowest BCUT2D eigenvalue weighted by Gasteiger charge is -1.88. The van der Waals surface area contributed by atoms with Gasteiger partial charge in [0.1, 0.15) is 0 Å². The van der Waals surface area contributed by atoms with E-state index in [0.717, 1.165) is 0 Å². The highest BCUT2D eigenvalue weighted by molar-refractivity contribution is 6.41. The summed E-state index contributed by atoms with van der Waals surface area (Å²) in [7, 11) is 0. The monoisotopic (exact) mass is 163 g/mol. The molecule has 1 aromatic carbocycles. The zero-order chi connectivity index (χ0) is 5.98. The quantitative estimate of drug-likeness (QED) is 0.513. The highest BCUT2D eigenvalue weighted by Crippen LogP contribution is 2.19. The van der Waals surface area contributed by atoms with Crippen LogP contribution >= 0.6 is 23.2 Å². The molecule has 0 saturated carbocycles. The van der Waals surface area contributed by atoms with Crippen molar-refractivity contribution < 1.29 is 0 Å². The molecule has 0 aliphatic carbocycles. The first-order valence-electron chi connectivity index (χ1n) is 2.21. The van der Waals surface area contributed by atoms with Crippen molar-refractivity contribution >= 4 is 23.2 Å². The first kappa shape index (κ1) is 8.80. The van der Waals surface area contributed by atoms with Gasteiger partial charge in [-0.3, -0.25) is 0 Å². The van der Waals surface area contributed by atoms with Crippen LogP contribution in [0.2, 0.25) is 10.0 Å². The molecule has 0 spiro atoms. The number of hydrogen-bond donors (Lipinski definition) is 0. The van der Waals surface area contributed by atoms with Gasteiger partial charge in [-0.1, -0.05) is 42.8 Å². The van der Waals surface area contributed by atoms with Gasteiger partial charge < -0.3 is 0 Å². The summed E-state index contributed by atoms with van der Waals surface area (Å²) < 4.78 is 0. The van der Waals surface area contributed by atoms with E-state index in [1.165, 1.54) is 0 Å². The van der Waals surface area contributed by atoms with E-state index in [9.17, 15) is 0 Å². The van der Waals surface area contributed by atoms with Gasteiger partial charge in [0, 0.05) is 0 Å². The Balaban J connectivity index is 0.000000640. The lowest BCUT2D eigenvalue weighted by Crippen LogP contribution is -1.62. The lowest BCUT2D eigenvalue weighted by molar-refractivity contribution is 1.71. The van der Waals surface area contributed by atoms with E-state index in [4.69, 9.17) is 23.2 Å². The molecule has 0 unspecified atom stereocenters. The molecule has 0 amide bonds.